The Kier molecular flexibility index (Phi) is 5.44. The molecule has 1 aromatic rings. The summed E-state index contributed by atoms with van der Waals surface area (Å²) in [6.45, 7) is 1.86. The van der Waals surface area contributed by atoms with Crippen LogP contribution in [0.3, 0.4) is 0 Å². The lowest BCUT2D eigenvalue weighted by atomic mass is 10.2. The topological polar surface area (TPSA) is 63.7 Å². The predicted octanol–water partition coefficient (Wildman–Crippen LogP) is 2.00. The maximum absolute atomic E-state index is 13.6. The van der Waals surface area contributed by atoms with Crippen LogP contribution in [0.1, 0.15) is 13.3 Å². The summed E-state index contributed by atoms with van der Waals surface area (Å²) < 4.78 is 42.5. The summed E-state index contributed by atoms with van der Waals surface area (Å²) in [7, 11) is -3.06. The number of amides is 1. The number of halogens is 2. The predicted molar refractivity (Wildman–Crippen MR) is 84.0 cm³/mol. The lowest BCUT2D eigenvalue weighted by molar-refractivity contribution is -0.135. The van der Waals surface area contributed by atoms with Crippen LogP contribution in [0.15, 0.2) is 22.7 Å². The second-order valence-corrected chi connectivity index (χ2v) is 8.24. The van der Waals surface area contributed by atoms with Crippen LogP contribution in [-0.4, -0.2) is 49.9 Å². The Morgan fingerprint density at radius 3 is 2.77 bits per heavy atom. The fraction of sp³-hybridized carbons (Fsp3) is 0.500. The molecule has 1 amide bonds. The fourth-order valence-corrected chi connectivity index (χ4v) is 4.54. The first-order chi connectivity index (χ1) is 10.3. The number of carbonyl (C=O) groups is 1. The molecule has 0 saturated carbocycles. The number of likely N-dealkylation sites (N-methyl/N-ethyl adjacent to an activating group) is 1. The van der Waals surface area contributed by atoms with Crippen LogP contribution in [0.5, 0.6) is 5.75 Å². The Morgan fingerprint density at radius 2 is 2.23 bits per heavy atom. The molecule has 0 N–H and O–H groups in total. The second-order valence-electron chi connectivity index (χ2n) is 5.10. The Bertz CT molecular complexity index is 665. The van der Waals surface area contributed by atoms with E-state index < -0.39 is 15.7 Å². The molecule has 1 fully saturated rings. The number of rotatable bonds is 5. The zero-order chi connectivity index (χ0) is 16.3. The SMILES string of the molecule is CCN(C(=O)COc1ccc(Br)cc1F)[C@H]1CCS(=O)(=O)C1. The number of benzene rings is 1. The van der Waals surface area contributed by atoms with E-state index in [1.807, 2.05) is 0 Å². The van der Waals surface area contributed by atoms with Crippen LogP contribution < -0.4 is 4.74 Å². The molecule has 0 radical (unpaired) electrons. The number of carbonyl (C=O) groups excluding carboxylic acids is 1. The van der Waals surface area contributed by atoms with Crippen molar-refractivity contribution in [3.05, 3.63) is 28.5 Å². The molecule has 22 heavy (non-hydrogen) atoms. The van der Waals surface area contributed by atoms with Crippen molar-refractivity contribution in [2.24, 2.45) is 0 Å². The van der Waals surface area contributed by atoms with Crippen LogP contribution >= 0.6 is 15.9 Å². The molecular formula is C14H17BrFNO4S. The van der Waals surface area contributed by atoms with E-state index in [-0.39, 0.29) is 35.8 Å². The highest BCUT2D eigenvalue weighted by Gasteiger charge is 2.33. The Morgan fingerprint density at radius 1 is 1.50 bits per heavy atom. The van der Waals surface area contributed by atoms with Crippen molar-refractivity contribution < 1.29 is 22.3 Å². The van der Waals surface area contributed by atoms with Gasteiger partial charge in [-0.3, -0.25) is 4.79 Å². The van der Waals surface area contributed by atoms with Gasteiger partial charge in [0.25, 0.3) is 5.91 Å². The van der Waals surface area contributed by atoms with Crippen LogP contribution in [0.25, 0.3) is 0 Å². The quantitative estimate of drug-likeness (QED) is 0.767. The number of ether oxygens (including phenoxy) is 1. The fourth-order valence-electron chi connectivity index (χ4n) is 2.47. The van der Waals surface area contributed by atoms with E-state index >= 15 is 0 Å². The van der Waals surface area contributed by atoms with Crippen molar-refractivity contribution in [3.63, 3.8) is 0 Å². The second kappa shape index (κ2) is 6.95. The van der Waals surface area contributed by atoms with Gasteiger partial charge in [-0.25, -0.2) is 12.8 Å². The van der Waals surface area contributed by atoms with E-state index in [1.165, 1.54) is 17.0 Å². The van der Waals surface area contributed by atoms with Gasteiger partial charge in [0, 0.05) is 17.1 Å². The summed E-state index contributed by atoms with van der Waals surface area (Å²) in [4.78, 5) is 13.7. The molecule has 0 unspecified atom stereocenters. The van der Waals surface area contributed by atoms with Crippen molar-refractivity contribution in [1.82, 2.24) is 4.90 Å². The van der Waals surface area contributed by atoms with Gasteiger partial charge >= 0.3 is 0 Å². The molecule has 1 aromatic carbocycles. The zero-order valence-electron chi connectivity index (χ0n) is 12.1. The third kappa shape index (κ3) is 4.19. The average molecular weight is 394 g/mol. The monoisotopic (exact) mass is 393 g/mol. The van der Waals surface area contributed by atoms with Crippen molar-refractivity contribution >= 4 is 31.7 Å². The maximum atomic E-state index is 13.6. The first kappa shape index (κ1) is 17.2. The van der Waals surface area contributed by atoms with E-state index in [0.717, 1.165) is 0 Å². The highest BCUT2D eigenvalue weighted by Crippen LogP contribution is 2.22. The third-order valence-corrected chi connectivity index (χ3v) is 5.80. The zero-order valence-corrected chi connectivity index (χ0v) is 14.5. The highest BCUT2D eigenvalue weighted by atomic mass is 79.9. The van der Waals surface area contributed by atoms with Gasteiger partial charge in [-0.05, 0) is 31.5 Å². The number of hydrogen-bond acceptors (Lipinski definition) is 4. The number of hydrogen-bond donors (Lipinski definition) is 0. The normalized spacial score (nSPS) is 19.9. The number of sulfone groups is 1. The van der Waals surface area contributed by atoms with Gasteiger partial charge in [0.1, 0.15) is 0 Å². The largest absolute Gasteiger partial charge is 0.481 e. The summed E-state index contributed by atoms with van der Waals surface area (Å²) in [5.41, 5.74) is 0. The summed E-state index contributed by atoms with van der Waals surface area (Å²) in [5, 5.41) is 0. The standard InChI is InChI=1S/C14H17BrFNO4S/c1-2-17(11-5-6-22(19,20)9-11)14(18)8-21-13-4-3-10(15)7-12(13)16/h3-4,7,11H,2,5-6,8-9H2,1H3/t11-/m0/s1. The third-order valence-electron chi connectivity index (χ3n) is 3.56. The highest BCUT2D eigenvalue weighted by molar-refractivity contribution is 9.10. The lowest BCUT2D eigenvalue weighted by Gasteiger charge is -2.26. The van der Waals surface area contributed by atoms with E-state index in [2.05, 4.69) is 15.9 Å². The van der Waals surface area contributed by atoms with Gasteiger partial charge in [-0.2, -0.15) is 0 Å². The van der Waals surface area contributed by atoms with Crippen molar-refractivity contribution in [1.29, 1.82) is 0 Å². The number of nitrogens with zero attached hydrogens (tertiary/aromatic N) is 1. The molecule has 122 valence electrons. The molecule has 0 bridgehead atoms. The molecule has 1 aliphatic rings. The summed E-state index contributed by atoms with van der Waals surface area (Å²) in [5.74, 6) is -0.824. The molecule has 1 aliphatic heterocycles. The first-order valence-electron chi connectivity index (χ1n) is 6.90. The van der Waals surface area contributed by atoms with Crippen molar-refractivity contribution in [3.8, 4) is 5.75 Å². The minimum absolute atomic E-state index is 0.00773. The van der Waals surface area contributed by atoms with Crippen LogP contribution in [0.4, 0.5) is 4.39 Å². The van der Waals surface area contributed by atoms with E-state index in [4.69, 9.17) is 4.74 Å². The molecule has 1 saturated heterocycles. The Balaban J connectivity index is 1.98. The minimum atomic E-state index is -3.06. The summed E-state index contributed by atoms with van der Waals surface area (Å²) in [6, 6.07) is 3.98. The molecule has 5 nitrogen and oxygen atoms in total. The smallest absolute Gasteiger partial charge is 0.260 e. The van der Waals surface area contributed by atoms with E-state index in [9.17, 15) is 17.6 Å². The molecule has 1 heterocycles. The van der Waals surface area contributed by atoms with Crippen LogP contribution in [-0.2, 0) is 14.6 Å². The average Bonchev–Trinajstić information content (AvgIpc) is 2.78. The van der Waals surface area contributed by atoms with Gasteiger partial charge in [0.05, 0.1) is 11.5 Å². The first-order valence-corrected chi connectivity index (χ1v) is 9.51. The molecule has 8 heteroatoms. The summed E-state index contributed by atoms with van der Waals surface area (Å²) in [6.07, 6.45) is 0.439. The van der Waals surface area contributed by atoms with Crippen LogP contribution in [0, 0.1) is 5.82 Å². The molecule has 0 aliphatic carbocycles. The molecule has 0 aromatic heterocycles. The lowest BCUT2D eigenvalue weighted by Crippen LogP contribution is -2.43. The van der Waals surface area contributed by atoms with Gasteiger partial charge in [-0.1, -0.05) is 15.9 Å². The van der Waals surface area contributed by atoms with E-state index in [0.29, 0.717) is 17.4 Å². The van der Waals surface area contributed by atoms with Crippen molar-refractivity contribution in [2.75, 3.05) is 24.7 Å². The van der Waals surface area contributed by atoms with Gasteiger partial charge in [0.2, 0.25) is 0 Å². The van der Waals surface area contributed by atoms with Gasteiger partial charge < -0.3 is 9.64 Å². The summed E-state index contributed by atoms with van der Waals surface area (Å²) >= 11 is 3.14. The Labute approximate surface area is 137 Å². The Hall–Kier alpha value is -1.15. The van der Waals surface area contributed by atoms with Gasteiger partial charge in [-0.15, -0.1) is 0 Å². The van der Waals surface area contributed by atoms with Crippen LogP contribution in [0.2, 0.25) is 0 Å². The molecule has 2 rings (SSSR count). The van der Waals surface area contributed by atoms with E-state index in [1.54, 1.807) is 13.0 Å². The molecular weight excluding hydrogens is 377 g/mol. The minimum Gasteiger partial charge on any atom is -0.481 e. The van der Waals surface area contributed by atoms with Crippen molar-refractivity contribution in [2.45, 2.75) is 19.4 Å². The molecule has 0 spiro atoms. The maximum Gasteiger partial charge on any atom is 0.260 e. The van der Waals surface area contributed by atoms with Gasteiger partial charge in [0.15, 0.2) is 28.0 Å². The molecule has 1 atom stereocenters.